The molecule has 0 radical (unpaired) electrons. The maximum Gasteiger partial charge on any atom is 0.253 e. The Morgan fingerprint density at radius 2 is 1.69 bits per heavy atom. The molecule has 0 aliphatic heterocycles. The average molecular weight is 240 g/mol. The van der Waals surface area contributed by atoms with Crippen molar-refractivity contribution >= 4 is 17.5 Å². The van der Waals surface area contributed by atoms with Crippen LogP contribution in [0.4, 0.5) is 0 Å². The second-order valence-corrected chi connectivity index (χ2v) is 4.84. The van der Waals surface area contributed by atoms with Gasteiger partial charge < -0.3 is 4.90 Å². The Kier molecular flexibility index (Phi) is 4.36. The van der Waals surface area contributed by atoms with Crippen molar-refractivity contribution in [2.45, 2.75) is 26.8 Å². The molecule has 1 rings (SSSR count). The Labute approximate surface area is 102 Å². The topological polar surface area (TPSA) is 20.3 Å². The van der Waals surface area contributed by atoms with Gasteiger partial charge in [-0.2, -0.15) is 0 Å². The molecule has 0 aliphatic rings. The molecule has 1 atom stereocenters. The number of hydrogen-bond acceptors (Lipinski definition) is 1. The summed E-state index contributed by atoms with van der Waals surface area (Å²) in [7, 11) is 1.83. The first-order valence-electron chi connectivity index (χ1n) is 5.46. The van der Waals surface area contributed by atoms with Crippen molar-refractivity contribution in [2.75, 3.05) is 7.05 Å². The van der Waals surface area contributed by atoms with Crippen molar-refractivity contribution in [3.8, 4) is 0 Å². The summed E-state index contributed by atoms with van der Waals surface area (Å²) in [6.07, 6.45) is 0. The van der Waals surface area contributed by atoms with E-state index in [9.17, 15) is 4.79 Å². The number of nitrogens with zero attached hydrogens (tertiary/aromatic N) is 1. The second-order valence-electron chi connectivity index (χ2n) is 4.41. The molecule has 0 heterocycles. The van der Waals surface area contributed by atoms with Crippen LogP contribution >= 0.6 is 11.6 Å². The van der Waals surface area contributed by atoms with Gasteiger partial charge in [-0.3, -0.25) is 4.79 Å². The number of hydrogen-bond donors (Lipinski definition) is 0. The summed E-state index contributed by atoms with van der Waals surface area (Å²) < 4.78 is 0. The quantitative estimate of drug-likeness (QED) is 0.791. The minimum absolute atomic E-state index is 0.0397. The van der Waals surface area contributed by atoms with Gasteiger partial charge in [-0.1, -0.05) is 25.4 Å². The van der Waals surface area contributed by atoms with E-state index >= 15 is 0 Å². The number of rotatable bonds is 3. The summed E-state index contributed by atoms with van der Waals surface area (Å²) in [5.41, 5.74) is 0.680. The van der Waals surface area contributed by atoms with Crippen molar-refractivity contribution in [2.24, 2.45) is 5.92 Å². The number of carbonyl (C=O) groups excluding carboxylic acids is 1. The molecule has 0 bridgehead atoms. The first-order valence-corrected chi connectivity index (χ1v) is 5.84. The highest BCUT2D eigenvalue weighted by atomic mass is 35.5. The molecule has 1 aromatic rings. The van der Waals surface area contributed by atoms with E-state index < -0.39 is 0 Å². The van der Waals surface area contributed by atoms with Crippen LogP contribution in [0.15, 0.2) is 24.3 Å². The lowest BCUT2D eigenvalue weighted by molar-refractivity contribution is 0.0707. The van der Waals surface area contributed by atoms with E-state index in [0.29, 0.717) is 16.5 Å². The summed E-state index contributed by atoms with van der Waals surface area (Å²) in [6.45, 7) is 6.27. The summed E-state index contributed by atoms with van der Waals surface area (Å²) in [6, 6.07) is 7.22. The average Bonchev–Trinajstić information content (AvgIpc) is 2.27. The Morgan fingerprint density at radius 3 is 2.12 bits per heavy atom. The van der Waals surface area contributed by atoms with E-state index in [2.05, 4.69) is 20.8 Å². The summed E-state index contributed by atoms with van der Waals surface area (Å²) in [4.78, 5) is 13.9. The molecule has 3 heteroatoms. The molecule has 0 aliphatic carbocycles. The van der Waals surface area contributed by atoms with E-state index in [1.807, 2.05) is 7.05 Å². The van der Waals surface area contributed by atoms with Crippen molar-refractivity contribution in [3.63, 3.8) is 0 Å². The van der Waals surface area contributed by atoms with Gasteiger partial charge in [0, 0.05) is 23.7 Å². The molecule has 0 saturated carbocycles. The molecule has 1 aromatic carbocycles. The normalized spacial score (nSPS) is 12.6. The van der Waals surface area contributed by atoms with Crippen LogP contribution in [0.1, 0.15) is 31.1 Å². The zero-order chi connectivity index (χ0) is 12.3. The lowest BCUT2D eigenvalue weighted by Gasteiger charge is -2.28. The van der Waals surface area contributed by atoms with Gasteiger partial charge in [-0.25, -0.2) is 0 Å². The lowest BCUT2D eigenvalue weighted by Crippen LogP contribution is -2.38. The van der Waals surface area contributed by atoms with Crippen LogP contribution in [0, 0.1) is 5.92 Å². The van der Waals surface area contributed by atoms with Gasteiger partial charge in [0.2, 0.25) is 0 Å². The fourth-order valence-corrected chi connectivity index (χ4v) is 1.55. The molecule has 0 fully saturated rings. The van der Waals surface area contributed by atoms with Gasteiger partial charge in [0.05, 0.1) is 0 Å². The van der Waals surface area contributed by atoms with Crippen molar-refractivity contribution in [3.05, 3.63) is 34.9 Å². The SMILES string of the molecule is CC(C)[C@H](C)N(C)C(=O)c1ccc(Cl)cc1. The highest BCUT2D eigenvalue weighted by molar-refractivity contribution is 6.30. The van der Waals surface area contributed by atoms with Crippen LogP contribution in [-0.2, 0) is 0 Å². The summed E-state index contributed by atoms with van der Waals surface area (Å²) in [5, 5.41) is 0.649. The Morgan fingerprint density at radius 1 is 1.19 bits per heavy atom. The van der Waals surface area contributed by atoms with Gasteiger partial charge in [-0.05, 0) is 37.1 Å². The maximum atomic E-state index is 12.1. The van der Waals surface area contributed by atoms with Crippen LogP contribution in [0.25, 0.3) is 0 Å². The molecule has 1 amide bonds. The van der Waals surface area contributed by atoms with Gasteiger partial charge in [0.15, 0.2) is 0 Å². The van der Waals surface area contributed by atoms with E-state index in [1.54, 1.807) is 29.2 Å². The molecular weight excluding hydrogens is 222 g/mol. The number of halogens is 1. The predicted octanol–water partition coefficient (Wildman–Crippen LogP) is 3.46. The molecular formula is C13H18ClNO. The van der Waals surface area contributed by atoms with Gasteiger partial charge >= 0.3 is 0 Å². The smallest absolute Gasteiger partial charge is 0.253 e. The van der Waals surface area contributed by atoms with E-state index in [1.165, 1.54) is 0 Å². The standard InChI is InChI=1S/C13H18ClNO/c1-9(2)10(3)15(4)13(16)11-5-7-12(14)8-6-11/h5-10H,1-4H3/t10-/m0/s1. The maximum absolute atomic E-state index is 12.1. The van der Waals surface area contributed by atoms with Gasteiger partial charge in [0.1, 0.15) is 0 Å². The molecule has 0 saturated heterocycles. The lowest BCUT2D eigenvalue weighted by atomic mass is 10.0. The molecule has 88 valence electrons. The molecule has 0 spiro atoms. The van der Waals surface area contributed by atoms with Crippen LogP contribution < -0.4 is 0 Å². The zero-order valence-corrected chi connectivity index (χ0v) is 11.0. The van der Waals surface area contributed by atoms with Crippen molar-refractivity contribution in [1.82, 2.24) is 4.90 Å². The fourth-order valence-electron chi connectivity index (χ4n) is 1.43. The van der Waals surface area contributed by atoms with E-state index in [4.69, 9.17) is 11.6 Å². The Bertz CT molecular complexity index is 359. The molecule has 0 N–H and O–H groups in total. The molecule has 0 aromatic heterocycles. The fraction of sp³-hybridized carbons (Fsp3) is 0.462. The summed E-state index contributed by atoms with van der Waals surface area (Å²) >= 11 is 5.78. The van der Waals surface area contributed by atoms with Gasteiger partial charge in [-0.15, -0.1) is 0 Å². The zero-order valence-electron chi connectivity index (χ0n) is 10.2. The van der Waals surface area contributed by atoms with Gasteiger partial charge in [0.25, 0.3) is 5.91 Å². The molecule has 16 heavy (non-hydrogen) atoms. The van der Waals surface area contributed by atoms with Crippen molar-refractivity contribution < 1.29 is 4.79 Å². The Balaban J connectivity index is 2.82. The first-order chi connectivity index (χ1) is 7.43. The van der Waals surface area contributed by atoms with Crippen LogP contribution in [0.2, 0.25) is 5.02 Å². The summed E-state index contributed by atoms with van der Waals surface area (Å²) in [5.74, 6) is 0.485. The van der Waals surface area contributed by atoms with Crippen LogP contribution in [0.3, 0.4) is 0 Å². The third kappa shape index (κ3) is 2.99. The van der Waals surface area contributed by atoms with Crippen molar-refractivity contribution in [1.29, 1.82) is 0 Å². The minimum Gasteiger partial charge on any atom is -0.339 e. The molecule has 0 unspecified atom stereocenters. The minimum atomic E-state index is 0.0397. The monoisotopic (exact) mass is 239 g/mol. The predicted molar refractivity (Wildman–Crippen MR) is 67.8 cm³/mol. The third-order valence-corrected chi connectivity index (χ3v) is 3.24. The van der Waals surface area contributed by atoms with E-state index in [0.717, 1.165) is 0 Å². The highest BCUT2D eigenvalue weighted by Crippen LogP contribution is 2.14. The number of amides is 1. The number of benzene rings is 1. The third-order valence-electron chi connectivity index (χ3n) is 2.99. The Hall–Kier alpha value is -1.02. The van der Waals surface area contributed by atoms with Crippen LogP contribution in [0.5, 0.6) is 0 Å². The highest BCUT2D eigenvalue weighted by Gasteiger charge is 2.19. The van der Waals surface area contributed by atoms with Crippen LogP contribution in [-0.4, -0.2) is 23.9 Å². The number of carbonyl (C=O) groups is 1. The second kappa shape index (κ2) is 5.35. The molecule has 2 nitrogen and oxygen atoms in total. The largest absolute Gasteiger partial charge is 0.339 e. The van der Waals surface area contributed by atoms with E-state index in [-0.39, 0.29) is 11.9 Å². The first kappa shape index (κ1) is 13.0.